The lowest BCUT2D eigenvalue weighted by Crippen LogP contribution is -2.14. The molecule has 4 heteroatoms. The summed E-state index contributed by atoms with van der Waals surface area (Å²) in [6, 6.07) is 6.82. The van der Waals surface area contributed by atoms with Crippen molar-refractivity contribution in [1.82, 2.24) is 15.1 Å². The van der Waals surface area contributed by atoms with E-state index >= 15 is 0 Å². The van der Waals surface area contributed by atoms with Crippen LogP contribution in [0.4, 0.5) is 4.39 Å². The van der Waals surface area contributed by atoms with Crippen LogP contribution in [0.2, 0.25) is 0 Å². The van der Waals surface area contributed by atoms with Crippen LogP contribution in [0.15, 0.2) is 30.5 Å². The largest absolute Gasteiger partial charge is 0.307 e. The van der Waals surface area contributed by atoms with Crippen LogP contribution in [0.25, 0.3) is 0 Å². The highest BCUT2D eigenvalue weighted by molar-refractivity contribution is 5.26. The van der Waals surface area contributed by atoms with Crippen LogP contribution in [-0.2, 0) is 20.1 Å². The fourth-order valence-electron chi connectivity index (χ4n) is 1.71. The highest BCUT2D eigenvalue weighted by Crippen LogP contribution is 2.10. The number of aromatic nitrogens is 2. The highest BCUT2D eigenvalue weighted by Gasteiger charge is 2.01. The topological polar surface area (TPSA) is 29.9 Å². The lowest BCUT2D eigenvalue weighted by Gasteiger charge is -2.06. The third kappa shape index (κ3) is 3.14. The summed E-state index contributed by atoms with van der Waals surface area (Å²) in [6.07, 6.45) is 1.91. The maximum atomic E-state index is 13.1. The van der Waals surface area contributed by atoms with E-state index in [9.17, 15) is 4.39 Å². The fourth-order valence-corrected chi connectivity index (χ4v) is 1.71. The minimum atomic E-state index is -0.190. The molecule has 0 aliphatic heterocycles. The molecule has 0 unspecified atom stereocenters. The molecule has 0 radical (unpaired) electrons. The molecule has 0 bridgehead atoms. The van der Waals surface area contributed by atoms with Crippen LogP contribution >= 0.6 is 0 Å². The van der Waals surface area contributed by atoms with Gasteiger partial charge in [0.2, 0.25) is 0 Å². The van der Waals surface area contributed by atoms with E-state index in [4.69, 9.17) is 0 Å². The van der Waals surface area contributed by atoms with Gasteiger partial charge in [-0.3, -0.25) is 4.68 Å². The van der Waals surface area contributed by atoms with Gasteiger partial charge in [-0.15, -0.1) is 0 Å². The zero-order valence-electron chi connectivity index (χ0n) is 10.1. The molecule has 0 aliphatic carbocycles. The molecule has 3 nitrogen and oxygen atoms in total. The molecule has 0 amide bonds. The van der Waals surface area contributed by atoms with Crippen molar-refractivity contribution >= 4 is 0 Å². The summed E-state index contributed by atoms with van der Waals surface area (Å²) < 4.78 is 14.8. The maximum absolute atomic E-state index is 13.1. The Bertz CT molecular complexity index is 505. The summed E-state index contributed by atoms with van der Waals surface area (Å²) in [5.41, 5.74) is 3.07. The minimum Gasteiger partial charge on any atom is -0.307 e. The van der Waals surface area contributed by atoms with Gasteiger partial charge in [-0.1, -0.05) is 6.07 Å². The number of halogens is 1. The summed E-state index contributed by atoms with van der Waals surface area (Å²) in [6.45, 7) is 3.33. The van der Waals surface area contributed by atoms with Crippen LogP contribution in [0.5, 0.6) is 0 Å². The lowest BCUT2D eigenvalue weighted by molar-refractivity contribution is 0.616. The Labute approximate surface area is 100 Å². The smallest absolute Gasteiger partial charge is 0.123 e. The van der Waals surface area contributed by atoms with Crippen molar-refractivity contribution < 1.29 is 4.39 Å². The van der Waals surface area contributed by atoms with E-state index in [0.29, 0.717) is 13.1 Å². The van der Waals surface area contributed by atoms with Gasteiger partial charge in [0.25, 0.3) is 0 Å². The predicted molar refractivity (Wildman–Crippen MR) is 64.9 cm³/mol. The van der Waals surface area contributed by atoms with Gasteiger partial charge in [0.05, 0.1) is 5.69 Å². The summed E-state index contributed by atoms with van der Waals surface area (Å²) in [7, 11) is 1.89. The Hall–Kier alpha value is -1.68. The monoisotopic (exact) mass is 233 g/mol. The van der Waals surface area contributed by atoms with Crippen molar-refractivity contribution in [1.29, 1.82) is 0 Å². The molecule has 17 heavy (non-hydrogen) atoms. The van der Waals surface area contributed by atoms with Crippen molar-refractivity contribution in [3.05, 3.63) is 53.1 Å². The molecule has 90 valence electrons. The molecular weight excluding hydrogens is 217 g/mol. The number of nitrogens with one attached hydrogen (secondary N) is 1. The van der Waals surface area contributed by atoms with Crippen LogP contribution in [-0.4, -0.2) is 9.78 Å². The van der Waals surface area contributed by atoms with Crippen LogP contribution in [0.3, 0.4) is 0 Å². The van der Waals surface area contributed by atoms with Crippen molar-refractivity contribution in [2.45, 2.75) is 20.0 Å². The summed E-state index contributed by atoms with van der Waals surface area (Å²) in [5, 5.41) is 7.52. The predicted octanol–water partition coefficient (Wildman–Crippen LogP) is 2.16. The van der Waals surface area contributed by atoms with Gasteiger partial charge in [-0.25, -0.2) is 4.39 Å². The lowest BCUT2D eigenvalue weighted by atomic mass is 10.1. The van der Waals surface area contributed by atoms with E-state index in [2.05, 4.69) is 10.4 Å². The maximum Gasteiger partial charge on any atom is 0.123 e. The molecule has 0 spiro atoms. The normalized spacial score (nSPS) is 10.8. The standard InChI is InChI=1S/C13H16FN3/c1-10-3-4-12(14)7-11(10)8-15-9-13-5-6-17(2)16-13/h3-7,15H,8-9H2,1-2H3. The molecule has 2 rings (SSSR count). The third-order valence-electron chi connectivity index (χ3n) is 2.70. The van der Waals surface area contributed by atoms with Crippen LogP contribution in [0, 0.1) is 12.7 Å². The quantitative estimate of drug-likeness (QED) is 0.877. The molecule has 0 aliphatic rings. The molecule has 1 N–H and O–H groups in total. The molecular formula is C13H16FN3. The van der Waals surface area contributed by atoms with E-state index < -0.39 is 0 Å². The van der Waals surface area contributed by atoms with Gasteiger partial charge >= 0.3 is 0 Å². The average Bonchev–Trinajstić information content (AvgIpc) is 2.69. The molecule has 1 aromatic heterocycles. The molecule has 0 atom stereocenters. The summed E-state index contributed by atoms with van der Waals surface area (Å²) >= 11 is 0. The van der Waals surface area contributed by atoms with Gasteiger partial charge in [0.1, 0.15) is 5.82 Å². The Morgan fingerprint density at radius 3 is 2.82 bits per heavy atom. The van der Waals surface area contributed by atoms with E-state index in [-0.39, 0.29) is 5.82 Å². The van der Waals surface area contributed by atoms with Gasteiger partial charge < -0.3 is 5.32 Å². The van der Waals surface area contributed by atoms with Gasteiger partial charge in [0.15, 0.2) is 0 Å². The first-order valence-electron chi connectivity index (χ1n) is 5.59. The summed E-state index contributed by atoms with van der Waals surface area (Å²) in [5.74, 6) is -0.190. The molecule has 0 fully saturated rings. The number of nitrogens with zero attached hydrogens (tertiary/aromatic N) is 2. The zero-order valence-corrected chi connectivity index (χ0v) is 10.1. The van der Waals surface area contributed by atoms with Crippen LogP contribution in [0.1, 0.15) is 16.8 Å². The number of benzene rings is 1. The Kier molecular flexibility index (Phi) is 3.54. The fraction of sp³-hybridized carbons (Fsp3) is 0.308. The second-order valence-electron chi connectivity index (χ2n) is 4.16. The SMILES string of the molecule is Cc1ccc(F)cc1CNCc1ccn(C)n1. The average molecular weight is 233 g/mol. The van der Waals surface area contributed by atoms with Crippen molar-refractivity contribution in [3.8, 4) is 0 Å². The first kappa shape index (κ1) is 11.8. The number of rotatable bonds is 4. The summed E-state index contributed by atoms with van der Waals surface area (Å²) in [4.78, 5) is 0. The molecule has 1 aromatic carbocycles. The van der Waals surface area contributed by atoms with E-state index in [1.165, 1.54) is 6.07 Å². The number of hydrogen-bond donors (Lipinski definition) is 1. The van der Waals surface area contributed by atoms with E-state index in [1.54, 1.807) is 16.8 Å². The van der Waals surface area contributed by atoms with Crippen LogP contribution < -0.4 is 5.32 Å². The second kappa shape index (κ2) is 5.10. The Morgan fingerprint density at radius 1 is 1.29 bits per heavy atom. The Morgan fingerprint density at radius 2 is 2.12 bits per heavy atom. The van der Waals surface area contributed by atoms with E-state index in [0.717, 1.165) is 16.8 Å². The number of aryl methyl sites for hydroxylation is 2. The zero-order chi connectivity index (χ0) is 12.3. The number of hydrogen-bond acceptors (Lipinski definition) is 2. The van der Waals surface area contributed by atoms with Gasteiger partial charge in [0, 0.05) is 26.3 Å². The third-order valence-corrected chi connectivity index (χ3v) is 2.70. The molecule has 0 saturated carbocycles. The first-order valence-corrected chi connectivity index (χ1v) is 5.59. The molecule has 2 aromatic rings. The molecule has 0 saturated heterocycles. The minimum absolute atomic E-state index is 0.190. The van der Waals surface area contributed by atoms with Crippen molar-refractivity contribution in [2.75, 3.05) is 0 Å². The highest BCUT2D eigenvalue weighted by atomic mass is 19.1. The van der Waals surface area contributed by atoms with E-state index in [1.807, 2.05) is 26.2 Å². The van der Waals surface area contributed by atoms with Gasteiger partial charge in [-0.2, -0.15) is 5.10 Å². The van der Waals surface area contributed by atoms with Crippen molar-refractivity contribution in [2.24, 2.45) is 7.05 Å². The van der Waals surface area contributed by atoms with Crippen molar-refractivity contribution in [3.63, 3.8) is 0 Å². The second-order valence-corrected chi connectivity index (χ2v) is 4.16. The van der Waals surface area contributed by atoms with Gasteiger partial charge in [-0.05, 0) is 36.2 Å². The first-order chi connectivity index (χ1) is 8.15. The molecule has 1 heterocycles. The Balaban J connectivity index is 1.91.